The maximum absolute atomic E-state index is 13.6. The van der Waals surface area contributed by atoms with Gasteiger partial charge in [-0.2, -0.15) is 0 Å². The van der Waals surface area contributed by atoms with E-state index in [0.29, 0.717) is 33.8 Å². The van der Waals surface area contributed by atoms with Gasteiger partial charge in [-0.3, -0.25) is 8.75 Å². The molecule has 0 aliphatic carbocycles. The number of sulfone groups is 1. The molecule has 0 saturated carbocycles. The van der Waals surface area contributed by atoms with Crippen LogP contribution in [0.15, 0.2) is 41.2 Å². The third kappa shape index (κ3) is 4.20. The first-order valence-corrected chi connectivity index (χ1v) is 11.4. The van der Waals surface area contributed by atoms with Gasteiger partial charge in [0.15, 0.2) is 11.5 Å². The second kappa shape index (κ2) is 7.92. The van der Waals surface area contributed by atoms with Crippen LogP contribution in [0.4, 0.5) is 4.39 Å². The summed E-state index contributed by atoms with van der Waals surface area (Å²) in [7, 11) is -1.91. The fourth-order valence-corrected chi connectivity index (χ4v) is 5.12. The van der Waals surface area contributed by atoms with Crippen LogP contribution in [0.1, 0.15) is 18.5 Å². The number of ether oxygens (including phenoxy) is 2. The van der Waals surface area contributed by atoms with Crippen LogP contribution in [0, 0.1) is 5.82 Å². The Balaban J connectivity index is 2.20. The molecule has 1 aromatic heterocycles. The van der Waals surface area contributed by atoms with Gasteiger partial charge in [0.2, 0.25) is 0 Å². The first-order chi connectivity index (χ1) is 13.2. The van der Waals surface area contributed by atoms with Crippen molar-refractivity contribution in [2.45, 2.75) is 13.0 Å². The van der Waals surface area contributed by atoms with Crippen molar-refractivity contribution in [3.63, 3.8) is 0 Å². The normalized spacial score (nSPS) is 12.9. The van der Waals surface area contributed by atoms with Crippen LogP contribution in [0.5, 0.6) is 11.5 Å². The summed E-state index contributed by atoms with van der Waals surface area (Å²) >= 11 is 1.04. The topological polar surface area (TPSA) is 74.6 Å². The zero-order chi connectivity index (χ0) is 20.5. The lowest BCUT2D eigenvalue weighted by atomic mass is 10.1. The van der Waals surface area contributed by atoms with E-state index in [1.165, 1.54) is 29.3 Å². The SMILES string of the molecule is CCOc1cc([C@@H](CS(C)(=O)=O)n2sc3cc(F)ccc3c2=O)ccc1OC. The van der Waals surface area contributed by atoms with E-state index in [-0.39, 0.29) is 11.3 Å². The molecule has 1 heterocycles. The average Bonchev–Trinajstić information content (AvgIpc) is 2.95. The number of fused-ring (bicyclic) bond motifs is 1. The van der Waals surface area contributed by atoms with Crippen molar-refractivity contribution in [2.24, 2.45) is 0 Å². The number of rotatable bonds is 7. The maximum Gasteiger partial charge on any atom is 0.269 e. The molecule has 0 aliphatic heterocycles. The molecule has 0 unspecified atom stereocenters. The molecule has 0 bridgehead atoms. The minimum Gasteiger partial charge on any atom is -0.493 e. The smallest absolute Gasteiger partial charge is 0.269 e. The molecule has 3 rings (SSSR count). The Kier molecular flexibility index (Phi) is 5.76. The lowest BCUT2D eigenvalue weighted by Crippen LogP contribution is -2.26. The molecule has 28 heavy (non-hydrogen) atoms. The summed E-state index contributed by atoms with van der Waals surface area (Å²) in [6.07, 6.45) is 1.12. The summed E-state index contributed by atoms with van der Waals surface area (Å²) in [5, 5.41) is 0.350. The van der Waals surface area contributed by atoms with E-state index in [9.17, 15) is 17.6 Å². The Morgan fingerprint density at radius 2 is 1.93 bits per heavy atom. The molecule has 0 amide bonds. The summed E-state index contributed by atoms with van der Waals surface area (Å²) in [6.45, 7) is 2.23. The van der Waals surface area contributed by atoms with E-state index in [2.05, 4.69) is 0 Å². The van der Waals surface area contributed by atoms with Gasteiger partial charge in [0.05, 0.1) is 35.6 Å². The standard InChI is InChI=1S/C19H20FNO5S2/c1-4-26-17-9-12(5-8-16(17)25-2)15(11-28(3,23)24)21-19(22)14-7-6-13(20)10-18(14)27-21/h5-10,15H,4,11H2,1-3H3/t15-/m1/s1. The first-order valence-electron chi connectivity index (χ1n) is 8.53. The molecule has 3 aromatic rings. The molecule has 0 N–H and O–H groups in total. The molecule has 1 atom stereocenters. The molecule has 6 nitrogen and oxygen atoms in total. The van der Waals surface area contributed by atoms with Crippen molar-refractivity contribution in [2.75, 3.05) is 25.7 Å². The summed E-state index contributed by atoms with van der Waals surface area (Å²) in [4.78, 5) is 12.9. The van der Waals surface area contributed by atoms with Gasteiger partial charge in [0.1, 0.15) is 15.7 Å². The van der Waals surface area contributed by atoms with Crippen LogP contribution in [-0.4, -0.2) is 38.1 Å². The molecule has 0 saturated heterocycles. The van der Waals surface area contributed by atoms with Crippen LogP contribution < -0.4 is 15.0 Å². The van der Waals surface area contributed by atoms with Crippen molar-refractivity contribution >= 4 is 31.5 Å². The number of methoxy groups -OCH3 is 1. The predicted octanol–water partition coefficient (Wildman–Crippen LogP) is 3.24. The van der Waals surface area contributed by atoms with Gasteiger partial charge in [-0.1, -0.05) is 17.6 Å². The highest BCUT2D eigenvalue weighted by Crippen LogP contribution is 2.33. The van der Waals surface area contributed by atoms with E-state index in [0.717, 1.165) is 17.8 Å². The zero-order valence-electron chi connectivity index (χ0n) is 15.6. The predicted molar refractivity (Wildman–Crippen MR) is 108 cm³/mol. The highest BCUT2D eigenvalue weighted by atomic mass is 32.2. The van der Waals surface area contributed by atoms with Crippen molar-refractivity contribution < 1.29 is 22.3 Å². The number of benzene rings is 2. The van der Waals surface area contributed by atoms with Crippen molar-refractivity contribution in [1.29, 1.82) is 0 Å². The van der Waals surface area contributed by atoms with Gasteiger partial charge in [-0.05, 0) is 42.8 Å². The van der Waals surface area contributed by atoms with Crippen LogP contribution in [0.25, 0.3) is 10.1 Å². The number of hydrogen-bond donors (Lipinski definition) is 0. The molecular weight excluding hydrogens is 405 g/mol. The Labute approximate surface area is 166 Å². The number of hydrogen-bond acceptors (Lipinski definition) is 6. The monoisotopic (exact) mass is 425 g/mol. The zero-order valence-corrected chi connectivity index (χ0v) is 17.3. The lowest BCUT2D eigenvalue weighted by Gasteiger charge is -2.19. The minimum absolute atomic E-state index is 0.278. The maximum atomic E-state index is 13.6. The van der Waals surface area contributed by atoms with Gasteiger partial charge < -0.3 is 9.47 Å². The van der Waals surface area contributed by atoms with Crippen molar-refractivity contribution in [3.8, 4) is 11.5 Å². The Hall–Kier alpha value is -2.39. The molecule has 2 aromatic carbocycles. The summed E-state index contributed by atoms with van der Waals surface area (Å²) in [6, 6.07) is 8.19. The van der Waals surface area contributed by atoms with Gasteiger partial charge in [0.25, 0.3) is 5.56 Å². The largest absolute Gasteiger partial charge is 0.493 e. The summed E-state index contributed by atoms with van der Waals surface area (Å²) in [5.74, 6) is 0.236. The van der Waals surface area contributed by atoms with Crippen LogP contribution in [-0.2, 0) is 9.84 Å². The third-order valence-corrected chi connectivity index (χ3v) is 6.26. The second-order valence-corrected chi connectivity index (χ2v) is 9.51. The molecule has 0 spiro atoms. The third-order valence-electron chi connectivity index (χ3n) is 4.19. The molecule has 9 heteroatoms. The Morgan fingerprint density at radius 1 is 1.18 bits per heavy atom. The number of aromatic nitrogens is 1. The van der Waals surface area contributed by atoms with Crippen LogP contribution in [0.3, 0.4) is 0 Å². The molecular formula is C19H20FNO5S2. The average molecular weight is 426 g/mol. The van der Waals surface area contributed by atoms with E-state index < -0.39 is 21.7 Å². The van der Waals surface area contributed by atoms with E-state index >= 15 is 0 Å². The fraction of sp³-hybridized carbons (Fsp3) is 0.316. The molecule has 0 fully saturated rings. The Morgan fingerprint density at radius 3 is 2.57 bits per heavy atom. The second-order valence-electron chi connectivity index (χ2n) is 6.31. The minimum atomic E-state index is -3.42. The van der Waals surface area contributed by atoms with Gasteiger partial charge >= 0.3 is 0 Å². The molecule has 0 aliphatic rings. The van der Waals surface area contributed by atoms with E-state index in [4.69, 9.17) is 9.47 Å². The quantitative estimate of drug-likeness (QED) is 0.581. The number of nitrogens with zero attached hydrogens (tertiary/aromatic N) is 1. The van der Waals surface area contributed by atoms with Crippen LogP contribution >= 0.6 is 11.5 Å². The number of halogens is 1. The highest BCUT2D eigenvalue weighted by Gasteiger charge is 2.24. The first kappa shape index (κ1) is 20.3. The lowest BCUT2D eigenvalue weighted by molar-refractivity contribution is 0.310. The highest BCUT2D eigenvalue weighted by molar-refractivity contribution is 7.90. The van der Waals surface area contributed by atoms with Gasteiger partial charge in [-0.25, -0.2) is 12.8 Å². The van der Waals surface area contributed by atoms with Crippen LogP contribution in [0.2, 0.25) is 0 Å². The Bertz CT molecular complexity index is 1170. The van der Waals surface area contributed by atoms with Gasteiger partial charge in [0, 0.05) is 6.26 Å². The molecule has 150 valence electrons. The summed E-state index contributed by atoms with van der Waals surface area (Å²) in [5.41, 5.74) is 0.228. The van der Waals surface area contributed by atoms with E-state index in [1.54, 1.807) is 18.2 Å². The van der Waals surface area contributed by atoms with Gasteiger partial charge in [-0.15, -0.1) is 0 Å². The van der Waals surface area contributed by atoms with Crippen molar-refractivity contribution in [3.05, 3.63) is 58.1 Å². The molecule has 0 radical (unpaired) electrons. The summed E-state index contributed by atoms with van der Waals surface area (Å²) < 4.78 is 50.4. The van der Waals surface area contributed by atoms with E-state index in [1.807, 2.05) is 6.92 Å². The van der Waals surface area contributed by atoms with Crippen molar-refractivity contribution in [1.82, 2.24) is 3.96 Å². The fourth-order valence-electron chi connectivity index (χ4n) is 2.97.